The Morgan fingerprint density at radius 3 is 2.51 bits per heavy atom. The van der Waals surface area contributed by atoms with Crippen molar-refractivity contribution in [2.75, 3.05) is 6.54 Å². The maximum Gasteiger partial charge on any atom is 0.335 e. The molecule has 0 saturated heterocycles. The predicted molar refractivity (Wildman–Crippen MR) is 157 cm³/mol. The SMILES string of the molecule is CC1(NC(=O)N2CCc3c(-c4cccc(C(=O)O)c4)ccc(CNC(=O)[C@@H]4C[C@H]4c4ccccc4)c3C2)CCCC1. The number of carboxylic acid groups (broad SMARTS) is 1. The highest BCUT2D eigenvalue weighted by molar-refractivity contribution is 5.90. The second-order valence-corrected chi connectivity index (χ2v) is 12.1. The van der Waals surface area contributed by atoms with Gasteiger partial charge in [0.2, 0.25) is 5.91 Å². The lowest BCUT2D eigenvalue weighted by Crippen LogP contribution is -2.51. The van der Waals surface area contributed by atoms with Crippen molar-refractivity contribution < 1.29 is 19.5 Å². The van der Waals surface area contributed by atoms with E-state index in [0.717, 1.165) is 59.9 Å². The lowest BCUT2D eigenvalue weighted by molar-refractivity contribution is -0.122. The zero-order chi connectivity index (χ0) is 28.6. The number of hydrogen-bond donors (Lipinski definition) is 3. The Bertz CT molecular complexity index is 1480. The van der Waals surface area contributed by atoms with Crippen LogP contribution >= 0.6 is 0 Å². The highest BCUT2D eigenvalue weighted by Gasteiger charge is 2.43. The first-order chi connectivity index (χ1) is 19.8. The third-order valence-corrected chi connectivity index (χ3v) is 9.14. The molecule has 0 spiro atoms. The summed E-state index contributed by atoms with van der Waals surface area (Å²) < 4.78 is 0. The minimum absolute atomic E-state index is 0.0133. The summed E-state index contributed by atoms with van der Waals surface area (Å²) in [4.78, 5) is 40.0. The molecule has 1 aliphatic heterocycles. The van der Waals surface area contributed by atoms with Gasteiger partial charge in [0, 0.05) is 31.1 Å². The van der Waals surface area contributed by atoms with E-state index in [4.69, 9.17) is 0 Å². The van der Waals surface area contributed by atoms with Gasteiger partial charge in [0.25, 0.3) is 0 Å². The zero-order valence-electron chi connectivity index (χ0n) is 23.5. The smallest absolute Gasteiger partial charge is 0.335 e. The molecule has 7 nitrogen and oxygen atoms in total. The number of aromatic carboxylic acids is 1. The van der Waals surface area contributed by atoms with E-state index in [0.29, 0.717) is 26.1 Å². The van der Waals surface area contributed by atoms with Gasteiger partial charge in [-0.1, -0.05) is 67.4 Å². The van der Waals surface area contributed by atoms with Crippen molar-refractivity contribution in [1.29, 1.82) is 0 Å². The van der Waals surface area contributed by atoms with E-state index in [1.54, 1.807) is 18.2 Å². The van der Waals surface area contributed by atoms with Crippen LogP contribution in [0.15, 0.2) is 66.7 Å². The fourth-order valence-electron chi connectivity index (χ4n) is 6.65. The number of carbonyl (C=O) groups is 3. The maximum atomic E-state index is 13.4. The number of amides is 3. The minimum atomic E-state index is -0.961. The molecular weight excluding hydrogens is 514 g/mol. The van der Waals surface area contributed by atoms with Crippen molar-refractivity contribution in [3.05, 3.63) is 94.5 Å². The van der Waals surface area contributed by atoms with E-state index < -0.39 is 5.97 Å². The second kappa shape index (κ2) is 11.0. The Kier molecular flexibility index (Phi) is 7.28. The van der Waals surface area contributed by atoms with Crippen molar-refractivity contribution in [2.45, 2.75) is 70.0 Å². The molecule has 2 saturated carbocycles. The summed E-state index contributed by atoms with van der Waals surface area (Å²) >= 11 is 0. The van der Waals surface area contributed by atoms with Crippen LogP contribution in [0.3, 0.4) is 0 Å². The summed E-state index contributed by atoms with van der Waals surface area (Å²) in [6, 6.07) is 21.2. The predicted octanol–water partition coefficient (Wildman–Crippen LogP) is 5.87. The molecule has 41 heavy (non-hydrogen) atoms. The highest BCUT2D eigenvalue weighted by atomic mass is 16.4. The molecule has 2 atom stereocenters. The van der Waals surface area contributed by atoms with Gasteiger partial charge in [0.15, 0.2) is 0 Å². The topological polar surface area (TPSA) is 98.7 Å². The molecule has 212 valence electrons. The van der Waals surface area contributed by atoms with E-state index in [2.05, 4.69) is 29.7 Å². The van der Waals surface area contributed by atoms with E-state index >= 15 is 0 Å². The summed E-state index contributed by atoms with van der Waals surface area (Å²) in [5, 5.41) is 16.0. The first-order valence-electron chi connectivity index (χ1n) is 14.7. The van der Waals surface area contributed by atoms with E-state index in [-0.39, 0.29) is 34.9 Å². The first-order valence-corrected chi connectivity index (χ1v) is 14.7. The van der Waals surface area contributed by atoms with Gasteiger partial charge < -0.3 is 20.6 Å². The van der Waals surface area contributed by atoms with Crippen molar-refractivity contribution in [1.82, 2.24) is 15.5 Å². The molecule has 2 aliphatic carbocycles. The molecule has 7 heteroatoms. The van der Waals surface area contributed by atoms with Gasteiger partial charge in [-0.15, -0.1) is 0 Å². The van der Waals surface area contributed by atoms with E-state index in [1.807, 2.05) is 41.3 Å². The van der Waals surface area contributed by atoms with E-state index in [1.165, 1.54) is 5.56 Å². The molecule has 1 heterocycles. The number of carboxylic acids is 1. The molecule has 2 fully saturated rings. The van der Waals surface area contributed by atoms with Gasteiger partial charge in [0.05, 0.1) is 5.56 Å². The van der Waals surface area contributed by atoms with Crippen LogP contribution in [0.5, 0.6) is 0 Å². The van der Waals surface area contributed by atoms with Crippen LogP contribution in [-0.2, 0) is 24.3 Å². The lowest BCUT2D eigenvalue weighted by Gasteiger charge is -2.35. The molecule has 0 unspecified atom stereocenters. The maximum absolute atomic E-state index is 13.4. The number of rotatable bonds is 7. The highest BCUT2D eigenvalue weighted by Crippen LogP contribution is 2.47. The number of nitrogens with one attached hydrogen (secondary N) is 2. The Morgan fingerprint density at radius 2 is 1.76 bits per heavy atom. The number of carbonyl (C=O) groups excluding carboxylic acids is 2. The Balaban J connectivity index is 1.24. The molecule has 3 aromatic rings. The van der Waals surface area contributed by atoms with Crippen LogP contribution in [0.2, 0.25) is 0 Å². The molecule has 0 bridgehead atoms. The Hall–Kier alpha value is -4.13. The van der Waals surface area contributed by atoms with Gasteiger partial charge in [-0.25, -0.2) is 9.59 Å². The fourth-order valence-corrected chi connectivity index (χ4v) is 6.65. The number of nitrogens with zero attached hydrogens (tertiary/aromatic N) is 1. The van der Waals surface area contributed by atoms with Crippen molar-refractivity contribution >= 4 is 17.9 Å². The van der Waals surface area contributed by atoms with Crippen LogP contribution in [-0.4, -0.2) is 40.0 Å². The summed E-state index contributed by atoms with van der Waals surface area (Å²) in [6.45, 7) is 3.55. The van der Waals surface area contributed by atoms with Crippen molar-refractivity contribution in [3.63, 3.8) is 0 Å². The average Bonchev–Trinajstić information content (AvgIpc) is 3.69. The molecule has 3 aromatic carbocycles. The van der Waals surface area contributed by atoms with Gasteiger partial charge in [0.1, 0.15) is 0 Å². The first kappa shape index (κ1) is 27.1. The third kappa shape index (κ3) is 5.71. The Morgan fingerprint density at radius 1 is 0.976 bits per heavy atom. The number of benzene rings is 3. The quantitative estimate of drug-likeness (QED) is 0.342. The second-order valence-electron chi connectivity index (χ2n) is 12.1. The van der Waals surface area contributed by atoms with Gasteiger partial charge in [-0.2, -0.15) is 0 Å². The van der Waals surface area contributed by atoms with Crippen LogP contribution in [0.1, 0.15) is 77.6 Å². The number of fused-ring (bicyclic) bond motifs is 1. The molecule has 3 aliphatic rings. The molecule has 0 radical (unpaired) electrons. The molecular formula is C34H37N3O4. The normalized spacial score (nSPS) is 20.7. The standard InChI is InChI=1S/C34H37N3O4/c1-34(15-5-6-16-34)36-33(41)37-17-14-27-26(23-10-7-11-24(18-23)32(39)40)13-12-25(30(27)21-37)20-35-31(38)29-19-28(29)22-8-3-2-4-9-22/h2-4,7-13,18,28-29H,5-6,14-17,19-21H2,1H3,(H,35,38)(H,36,41)(H,39,40)/t28-,29+/m0/s1. The molecule has 3 N–H and O–H groups in total. The van der Waals surface area contributed by atoms with Crippen LogP contribution in [0.25, 0.3) is 11.1 Å². The van der Waals surface area contributed by atoms with Crippen LogP contribution in [0, 0.1) is 5.92 Å². The Labute approximate surface area is 241 Å². The fraction of sp³-hybridized carbons (Fsp3) is 0.382. The van der Waals surface area contributed by atoms with Gasteiger partial charge >= 0.3 is 12.0 Å². The minimum Gasteiger partial charge on any atom is -0.478 e. The summed E-state index contributed by atoms with van der Waals surface area (Å²) in [5.74, 6) is -0.645. The zero-order valence-corrected chi connectivity index (χ0v) is 23.5. The molecule has 0 aromatic heterocycles. The third-order valence-electron chi connectivity index (χ3n) is 9.14. The number of hydrogen-bond acceptors (Lipinski definition) is 3. The van der Waals surface area contributed by atoms with Crippen LogP contribution < -0.4 is 10.6 Å². The van der Waals surface area contributed by atoms with Gasteiger partial charge in [-0.05, 0) is 84.0 Å². The van der Waals surface area contributed by atoms with E-state index in [9.17, 15) is 19.5 Å². The van der Waals surface area contributed by atoms with Crippen molar-refractivity contribution in [3.8, 4) is 11.1 Å². The molecule has 6 rings (SSSR count). The summed E-state index contributed by atoms with van der Waals surface area (Å²) in [5.41, 5.74) is 6.26. The van der Waals surface area contributed by atoms with Crippen molar-refractivity contribution in [2.24, 2.45) is 5.92 Å². The monoisotopic (exact) mass is 551 g/mol. The lowest BCUT2D eigenvalue weighted by atomic mass is 9.87. The summed E-state index contributed by atoms with van der Waals surface area (Å²) in [6.07, 6.45) is 5.78. The van der Waals surface area contributed by atoms with Gasteiger partial charge in [-0.3, -0.25) is 4.79 Å². The number of urea groups is 1. The van der Waals surface area contributed by atoms with Crippen LogP contribution in [0.4, 0.5) is 4.79 Å². The molecule has 3 amide bonds. The summed E-state index contributed by atoms with van der Waals surface area (Å²) in [7, 11) is 0. The average molecular weight is 552 g/mol. The largest absolute Gasteiger partial charge is 0.478 e.